The fraction of sp³-hybridized carbons (Fsp3) is 0.750. The lowest BCUT2D eigenvalue weighted by Crippen LogP contribution is -2.40. The van der Waals surface area contributed by atoms with Crippen LogP contribution in [-0.4, -0.2) is 75.7 Å². The molecule has 3 N–H and O–H groups in total. The monoisotopic (exact) mass is 453 g/mol. The normalized spacial score (nSPS) is 12.2. The molecule has 0 unspecified atom stereocenters. The van der Waals surface area contributed by atoms with Crippen LogP contribution in [0, 0.1) is 0 Å². The Morgan fingerprint density at radius 2 is 1.69 bits per heavy atom. The van der Waals surface area contributed by atoms with Crippen molar-refractivity contribution in [3.8, 4) is 0 Å². The summed E-state index contributed by atoms with van der Waals surface area (Å²) in [5.41, 5.74) is 0. The topological polar surface area (TPSA) is 116 Å². The molecule has 26 heavy (non-hydrogen) atoms. The fourth-order valence-electron chi connectivity index (χ4n) is 1.80. The number of nitrogens with one attached hydrogen (secondary N) is 2. The minimum absolute atomic E-state index is 0.137. The maximum Gasteiger partial charge on any atom is 0.326 e. The fourth-order valence-corrected chi connectivity index (χ4v) is 2.87. The molecule has 0 heterocycles. The predicted molar refractivity (Wildman–Crippen MR) is 105 cm³/mol. The van der Waals surface area contributed by atoms with Gasteiger partial charge in [-0.2, -0.15) is 0 Å². The smallest absolute Gasteiger partial charge is 0.326 e. The van der Waals surface area contributed by atoms with E-state index in [0.717, 1.165) is 0 Å². The first-order valence-electron chi connectivity index (χ1n) is 8.22. The Balaban J connectivity index is 4.13. The third-order valence-corrected chi connectivity index (χ3v) is 5.66. The number of hydrogen-bond acceptors (Lipinski definition) is 5. The number of amides is 3. The molecule has 0 radical (unpaired) electrons. The van der Waals surface area contributed by atoms with Crippen LogP contribution >= 0.6 is 27.7 Å². The number of thioether (sulfide) groups is 1. The number of carbonyl (C=O) groups is 4. The Morgan fingerprint density at radius 1 is 1.15 bits per heavy atom. The Kier molecular flexibility index (Phi) is 11.6. The van der Waals surface area contributed by atoms with Gasteiger partial charge in [-0.1, -0.05) is 29.8 Å². The van der Waals surface area contributed by atoms with Crippen LogP contribution in [-0.2, 0) is 19.2 Å². The molecule has 8 nitrogen and oxygen atoms in total. The van der Waals surface area contributed by atoms with Gasteiger partial charge in [0.15, 0.2) is 0 Å². The molecule has 0 aliphatic rings. The molecule has 3 amide bonds. The molecule has 0 aromatic carbocycles. The van der Waals surface area contributed by atoms with E-state index in [1.54, 1.807) is 0 Å². The molecule has 0 aromatic heterocycles. The van der Waals surface area contributed by atoms with Gasteiger partial charge < -0.3 is 20.6 Å². The maximum absolute atomic E-state index is 12.1. The lowest BCUT2D eigenvalue weighted by molar-refractivity contribution is -0.148. The molecular formula is C16H28BrN3O5S. The van der Waals surface area contributed by atoms with Crippen molar-refractivity contribution in [3.05, 3.63) is 0 Å². The Hall–Kier alpha value is -1.29. The van der Waals surface area contributed by atoms with Gasteiger partial charge in [0.05, 0.1) is 11.1 Å². The summed E-state index contributed by atoms with van der Waals surface area (Å²) < 4.78 is -0.301. The van der Waals surface area contributed by atoms with E-state index >= 15 is 0 Å². The van der Waals surface area contributed by atoms with Gasteiger partial charge in [0.2, 0.25) is 17.7 Å². The highest BCUT2D eigenvalue weighted by atomic mass is 79.9. The highest BCUT2D eigenvalue weighted by Crippen LogP contribution is 2.29. The van der Waals surface area contributed by atoms with Gasteiger partial charge >= 0.3 is 5.97 Å². The lowest BCUT2D eigenvalue weighted by Gasteiger charge is -2.26. The van der Waals surface area contributed by atoms with Gasteiger partial charge in [-0.15, -0.1) is 11.8 Å². The van der Waals surface area contributed by atoms with Gasteiger partial charge in [0.1, 0.15) is 6.04 Å². The van der Waals surface area contributed by atoms with Crippen molar-refractivity contribution < 1.29 is 24.3 Å². The van der Waals surface area contributed by atoms with Gasteiger partial charge in [0.25, 0.3) is 0 Å². The second kappa shape index (κ2) is 12.2. The van der Waals surface area contributed by atoms with Crippen LogP contribution in [0.5, 0.6) is 0 Å². The minimum atomic E-state index is -1.04. The van der Waals surface area contributed by atoms with E-state index in [-0.39, 0.29) is 40.0 Å². The Labute approximate surface area is 167 Å². The lowest BCUT2D eigenvalue weighted by atomic mass is 10.1. The quantitative estimate of drug-likeness (QED) is 0.297. The van der Waals surface area contributed by atoms with Crippen molar-refractivity contribution in [1.29, 1.82) is 0 Å². The summed E-state index contributed by atoms with van der Waals surface area (Å²) in [5.74, 6) is -1.31. The third kappa shape index (κ3) is 10.6. The van der Waals surface area contributed by atoms with E-state index in [4.69, 9.17) is 5.11 Å². The van der Waals surface area contributed by atoms with Crippen LogP contribution < -0.4 is 10.6 Å². The van der Waals surface area contributed by atoms with E-state index in [1.807, 2.05) is 13.8 Å². The van der Waals surface area contributed by atoms with Crippen LogP contribution in [0.1, 0.15) is 33.6 Å². The zero-order chi connectivity index (χ0) is 20.3. The van der Waals surface area contributed by atoms with Crippen LogP contribution in [0.3, 0.4) is 0 Å². The Bertz CT molecular complexity index is 516. The molecule has 1 atom stereocenters. The highest BCUT2D eigenvalue weighted by molar-refractivity contribution is 9.09. The zero-order valence-electron chi connectivity index (χ0n) is 15.6. The predicted octanol–water partition coefficient (Wildman–Crippen LogP) is 0.837. The van der Waals surface area contributed by atoms with Crippen molar-refractivity contribution >= 4 is 51.4 Å². The molecule has 0 aliphatic heterocycles. The van der Waals surface area contributed by atoms with Crippen molar-refractivity contribution in [2.24, 2.45) is 0 Å². The number of likely N-dealkylation sites (N-methyl/N-ethyl adjacent to an activating group) is 1. The number of halogens is 1. The first kappa shape index (κ1) is 24.7. The van der Waals surface area contributed by atoms with E-state index < -0.39 is 12.0 Å². The molecule has 0 bridgehead atoms. The maximum atomic E-state index is 12.1. The third-order valence-electron chi connectivity index (χ3n) is 3.76. The summed E-state index contributed by atoms with van der Waals surface area (Å²) in [6.45, 7) is 6.07. The van der Waals surface area contributed by atoms with Crippen molar-refractivity contribution in [1.82, 2.24) is 15.5 Å². The van der Waals surface area contributed by atoms with E-state index in [1.165, 1.54) is 30.6 Å². The van der Waals surface area contributed by atoms with Crippen molar-refractivity contribution in [2.75, 3.05) is 31.2 Å². The van der Waals surface area contributed by atoms with Crippen LogP contribution in [0.2, 0.25) is 0 Å². The molecule has 0 fully saturated rings. The van der Waals surface area contributed by atoms with Crippen LogP contribution in [0.4, 0.5) is 0 Å². The minimum Gasteiger partial charge on any atom is -0.480 e. The number of hydrogen-bond donors (Lipinski definition) is 3. The van der Waals surface area contributed by atoms with E-state index in [9.17, 15) is 19.2 Å². The summed E-state index contributed by atoms with van der Waals surface area (Å²) in [7, 11) is 1.48. The molecule has 0 aromatic rings. The Morgan fingerprint density at radius 3 is 2.19 bits per heavy atom. The average molecular weight is 454 g/mol. The van der Waals surface area contributed by atoms with E-state index in [2.05, 4.69) is 26.6 Å². The first-order chi connectivity index (χ1) is 12.0. The average Bonchev–Trinajstić information content (AvgIpc) is 2.59. The molecule has 10 heteroatoms. The molecule has 0 rings (SSSR count). The van der Waals surface area contributed by atoms with Gasteiger partial charge in [-0.05, 0) is 13.3 Å². The van der Waals surface area contributed by atoms with Crippen LogP contribution in [0.25, 0.3) is 0 Å². The number of carboxylic acid groups (broad SMARTS) is 1. The van der Waals surface area contributed by atoms with Crippen LogP contribution in [0.15, 0.2) is 0 Å². The van der Waals surface area contributed by atoms with Gasteiger partial charge in [-0.25, -0.2) is 4.79 Å². The summed E-state index contributed by atoms with van der Waals surface area (Å²) in [6.07, 6.45) is 0.746. The number of aliphatic carboxylic acids is 1. The number of nitrogens with zero attached hydrogens (tertiary/aromatic N) is 1. The SMILES string of the molecule is C[C@@H](C(=O)O)N(C)C(=O)CCC(C)(C)SCC(=O)NCCNC(=O)CBr. The molecule has 0 spiro atoms. The highest BCUT2D eigenvalue weighted by Gasteiger charge is 2.25. The number of alkyl halides is 1. The largest absolute Gasteiger partial charge is 0.480 e. The summed E-state index contributed by atoms with van der Waals surface area (Å²) in [5, 5.41) is 14.5. The second-order valence-electron chi connectivity index (χ2n) is 6.40. The molecule has 0 saturated carbocycles. The number of carbonyl (C=O) groups excluding carboxylic acids is 3. The standard InChI is InChI=1S/C16H28BrN3O5S/c1-11(15(24)25)20(4)14(23)5-6-16(2,3)26-10-13(22)19-8-7-18-12(21)9-17/h11H,5-10H2,1-4H3,(H,18,21)(H,19,22)(H,24,25)/t11-/m0/s1. The number of carboxylic acids is 1. The summed E-state index contributed by atoms with van der Waals surface area (Å²) >= 11 is 4.46. The first-order valence-corrected chi connectivity index (χ1v) is 10.3. The van der Waals surface area contributed by atoms with E-state index in [0.29, 0.717) is 19.5 Å². The molecule has 0 aliphatic carbocycles. The van der Waals surface area contributed by atoms with Crippen molar-refractivity contribution in [3.63, 3.8) is 0 Å². The molecule has 150 valence electrons. The second-order valence-corrected chi connectivity index (χ2v) is 8.64. The van der Waals surface area contributed by atoms with Crippen molar-refractivity contribution in [2.45, 2.75) is 44.4 Å². The zero-order valence-corrected chi connectivity index (χ0v) is 18.0. The molecular weight excluding hydrogens is 426 g/mol. The van der Waals surface area contributed by atoms with Gasteiger partial charge in [0, 0.05) is 31.3 Å². The summed E-state index contributed by atoms with van der Waals surface area (Å²) in [4.78, 5) is 47.1. The summed E-state index contributed by atoms with van der Waals surface area (Å²) in [6, 6.07) is -0.867. The number of rotatable bonds is 12. The molecule has 0 saturated heterocycles. The van der Waals surface area contributed by atoms with Gasteiger partial charge in [-0.3, -0.25) is 14.4 Å².